The number of aromatic nitrogens is 1. The minimum atomic E-state index is 0.166. The summed E-state index contributed by atoms with van der Waals surface area (Å²) in [6.45, 7) is 6.99. The van der Waals surface area contributed by atoms with E-state index >= 15 is 0 Å². The standard InChI is InChI=1S/C11H16N2S/c1-5-10(6-2)12-7-11-13-8(3)9(4)14-11/h1,10,12H,6-7H2,2-4H3. The minimum Gasteiger partial charge on any atom is -0.297 e. The van der Waals surface area contributed by atoms with Crippen LogP contribution in [-0.4, -0.2) is 11.0 Å². The molecular formula is C11H16N2S. The van der Waals surface area contributed by atoms with E-state index in [0.29, 0.717) is 0 Å². The van der Waals surface area contributed by atoms with Crippen LogP contribution >= 0.6 is 11.3 Å². The Balaban J connectivity index is 2.50. The van der Waals surface area contributed by atoms with Crippen molar-refractivity contribution in [2.75, 3.05) is 0 Å². The maximum absolute atomic E-state index is 5.35. The van der Waals surface area contributed by atoms with Gasteiger partial charge in [-0.15, -0.1) is 17.8 Å². The largest absolute Gasteiger partial charge is 0.297 e. The van der Waals surface area contributed by atoms with E-state index in [1.807, 2.05) is 6.92 Å². The molecule has 0 saturated carbocycles. The van der Waals surface area contributed by atoms with Gasteiger partial charge >= 0.3 is 0 Å². The van der Waals surface area contributed by atoms with Crippen LogP contribution in [0.25, 0.3) is 0 Å². The van der Waals surface area contributed by atoms with Crippen molar-refractivity contribution in [3.05, 3.63) is 15.6 Å². The van der Waals surface area contributed by atoms with Crippen molar-refractivity contribution < 1.29 is 0 Å². The Morgan fingerprint density at radius 2 is 2.29 bits per heavy atom. The van der Waals surface area contributed by atoms with Gasteiger partial charge in [-0.2, -0.15) is 0 Å². The van der Waals surface area contributed by atoms with Gasteiger partial charge in [0.05, 0.1) is 11.7 Å². The van der Waals surface area contributed by atoms with Gasteiger partial charge in [0, 0.05) is 11.4 Å². The van der Waals surface area contributed by atoms with Gasteiger partial charge in [-0.1, -0.05) is 12.8 Å². The Hall–Kier alpha value is -0.850. The first-order chi connectivity index (χ1) is 6.67. The van der Waals surface area contributed by atoms with Crippen molar-refractivity contribution in [2.45, 2.75) is 39.8 Å². The quantitative estimate of drug-likeness (QED) is 0.768. The third-order valence-electron chi connectivity index (χ3n) is 2.18. The number of rotatable bonds is 4. The summed E-state index contributed by atoms with van der Waals surface area (Å²) in [5.41, 5.74) is 1.13. The second-order valence-electron chi connectivity index (χ2n) is 3.26. The molecular weight excluding hydrogens is 192 g/mol. The Kier molecular flexibility index (Phi) is 4.12. The van der Waals surface area contributed by atoms with Crippen LogP contribution in [0.5, 0.6) is 0 Å². The molecule has 0 fully saturated rings. The van der Waals surface area contributed by atoms with Crippen molar-refractivity contribution in [1.82, 2.24) is 10.3 Å². The number of nitrogens with zero attached hydrogens (tertiary/aromatic N) is 1. The summed E-state index contributed by atoms with van der Waals surface area (Å²) in [5.74, 6) is 2.71. The van der Waals surface area contributed by atoms with Gasteiger partial charge in [0.25, 0.3) is 0 Å². The Morgan fingerprint density at radius 1 is 1.57 bits per heavy atom. The van der Waals surface area contributed by atoms with Crippen molar-refractivity contribution >= 4 is 11.3 Å². The fourth-order valence-electron chi connectivity index (χ4n) is 1.15. The van der Waals surface area contributed by atoms with Gasteiger partial charge in [-0.3, -0.25) is 5.32 Å². The molecule has 0 aliphatic carbocycles. The summed E-state index contributed by atoms with van der Waals surface area (Å²) in [6, 6.07) is 0.166. The number of hydrogen-bond donors (Lipinski definition) is 1. The highest BCUT2D eigenvalue weighted by molar-refractivity contribution is 7.11. The predicted molar refractivity (Wildman–Crippen MR) is 61.3 cm³/mol. The molecule has 0 bridgehead atoms. The molecule has 0 saturated heterocycles. The lowest BCUT2D eigenvalue weighted by atomic mass is 10.2. The Bertz CT molecular complexity index is 316. The molecule has 0 aromatic carbocycles. The summed E-state index contributed by atoms with van der Waals surface area (Å²) in [4.78, 5) is 5.73. The van der Waals surface area contributed by atoms with Gasteiger partial charge in [-0.25, -0.2) is 4.98 Å². The van der Waals surface area contributed by atoms with E-state index < -0.39 is 0 Å². The van der Waals surface area contributed by atoms with E-state index in [1.165, 1.54) is 4.88 Å². The summed E-state index contributed by atoms with van der Waals surface area (Å²) >= 11 is 1.74. The number of terminal acetylenes is 1. The summed E-state index contributed by atoms with van der Waals surface area (Å²) in [6.07, 6.45) is 6.31. The molecule has 0 amide bonds. The second-order valence-corrected chi connectivity index (χ2v) is 4.55. The van der Waals surface area contributed by atoms with Crippen molar-refractivity contribution in [3.63, 3.8) is 0 Å². The maximum atomic E-state index is 5.35. The first-order valence-corrected chi connectivity index (χ1v) is 5.61. The first-order valence-electron chi connectivity index (χ1n) is 4.79. The lowest BCUT2D eigenvalue weighted by Gasteiger charge is -2.07. The Morgan fingerprint density at radius 3 is 2.71 bits per heavy atom. The molecule has 2 nitrogen and oxygen atoms in total. The molecule has 0 spiro atoms. The molecule has 3 heteroatoms. The molecule has 0 aliphatic rings. The van der Waals surface area contributed by atoms with E-state index in [1.54, 1.807) is 11.3 Å². The van der Waals surface area contributed by atoms with E-state index in [9.17, 15) is 0 Å². The maximum Gasteiger partial charge on any atom is 0.107 e. The van der Waals surface area contributed by atoms with Crippen LogP contribution in [0.1, 0.15) is 28.9 Å². The monoisotopic (exact) mass is 208 g/mol. The zero-order valence-corrected chi connectivity index (χ0v) is 9.74. The van der Waals surface area contributed by atoms with Gasteiger partial charge in [0.2, 0.25) is 0 Å². The predicted octanol–water partition coefficient (Wildman–Crippen LogP) is 2.26. The van der Waals surface area contributed by atoms with Crippen molar-refractivity contribution in [1.29, 1.82) is 0 Å². The van der Waals surface area contributed by atoms with Gasteiger partial charge in [-0.05, 0) is 20.3 Å². The third kappa shape index (κ3) is 2.83. The van der Waals surface area contributed by atoms with Crippen LogP contribution < -0.4 is 5.32 Å². The van der Waals surface area contributed by atoms with E-state index in [4.69, 9.17) is 6.42 Å². The zero-order chi connectivity index (χ0) is 10.6. The van der Waals surface area contributed by atoms with Crippen LogP contribution in [0, 0.1) is 26.2 Å². The van der Waals surface area contributed by atoms with E-state index in [0.717, 1.165) is 23.7 Å². The molecule has 1 rings (SSSR count). The highest BCUT2D eigenvalue weighted by Crippen LogP contribution is 2.16. The number of aryl methyl sites for hydroxylation is 2. The minimum absolute atomic E-state index is 0.166. The van der Waals surface area contributed by atoms with Crippen molar-refractivity contribution in [2.24, 2.45) is 0 Å². The molecule has 0 radical (unpaired) electrons. The molecule has 1 aromatic heterocycles. The highest BCUT2D eigenvalue weighted by Gasteiger charge is 2.05. The van der Waals surface area contributed by atoms with Crippen LogP contribution in [0.15, 0.2) is 0 Å². The van der Waals surface area contributed by atoms with Gasteiger partial charge < -0.3 is 0 Å². The van der Waals surface area contributed by atoms with Crippen molar-refractivity contribution in [3.8, 4) is 12.3 Å². The van der Waals surface area contributed by atoms with Crippen LogP contribution in [-0.2, 0) is 6.54 Å². The molecule has 1 atom stereocenters. The molecule has 14 heavy (non-hydrogen) atoms. The average Bonchev–Trinajstić information content (AvgIpc) is 2.48. The second kappa shape index (κ2) is 5.14. The van der Waals surface area contributed by atoms with Crippen LogP contribution in [0.4, 0.5) is 0 Å². The Labute approximate surface area is 89.8 Å². The molecule has 1 unspecified atom stereocenters. The van der Waals surface area contributed by atoms with Crippen LogP contribution in [0.3, 0.4) is 0 Å². The van der Waals surface area contributed by atoms with Gasteiger partial charge in [0.1, 0.15) is 5.01 Å². The molecule has 1 N–H and O–H groups in total. The van der Waals surface area contributed by atoms with Crippen LogP contribution in [0.2, 0.25) is 0 Å². The fraction of sp³-hybridized carbons (Fsp3) is 0.545. The average molecular weight is 208 g/mol. The topological polar surface area (TPSA) is 24.9 Å². The van der Waals surface area contributed by atoms with Gasteiger partial charge in [0.15, 0.2) is 0 Å². The normalized spacial score (nSPS) is 12.4. The fourth-order valence-corrected chi connectivity index (χ4v) is 2.03. The molecule has 0 aliphatic heterocycles. The molecule has 76 valence electrons. The SMILES string of the molecule is C#CC(CC)NCc1nc(C)c(C)s1. The summed E-state index contributed by atoms with van der Waals surface area (Å²) in [5, 5.41) is 4.41. The number of nitrogens with one attached hydrogen (secondary N) is 1. The first kappa shape index (κ1) is 11.2. The summed E-state index contributed by atoms with van der Waals surface area (Å²) < 4.78 is 0. The third-order valence-corrected chi connectivity index (χ3v) is 3.25. The summed E-state index contributed by atoms with van der Waals surface area (Å²) in [7, 11) is 0. The lowest BCUT2D eigenvalue weighted by molar-refractivity contribution is 0.590. The smallest absolute Gasteiger partial charge is 0.107 e. The molecule has 1 aromatic rings. The van der Waals surface area contributed by atoms with E-state index in [2.05, 4.69) is 30.1 Å². The highest BCUT2D eigenvalue weighted by atomic mass is 32.1. The molecule has 1 heterocycles. The van der Waals surface area contributed by atoms with E-state index in [-0.39, 0.29) is 6.04 Å². The number of hydrogen-bond acceptors (Lipinski definition) is 3. The lowest BCUT2D eigenvalue weighted by Crippen LogP contribution is -2.25. The number of thiazole rings is 1. The zero-order valence-electron chi connectivity index (χ0n) is 8.92.